The monoisotopic (exact) mass is 334 g/mol. The largest absolute Gasteiger partial charge is 0.350 e. The predicted molar refractivity (Wildman–Crippen MR) is 83.0 cm³/mol. The summed E-state index contributed by atoms with van der Waals surface area (Å²) in [6, 6.07) is 9.59. The molecule has 0 aliphatic rings. The van der Waals surface area contributed by atoms with Crippen molar-refractivity contribution in [1.82, 2.24) is 4.98 Å². The van der Waals surface area contributed by atoms with E-state index in [9.17, 15) is 4.79 Å². The molecular weight excluding hydrogens is 324 g/mol. The molecule has 0 fully saturated rings. The van der Waals surface area contributed by atoms with Crippen molar-refractivity contribution in [3.05, 3.63) is 51.4 Å². The minimum absolute atomic E-state index is 0.120. The van der Waals surface area contributed by atoms with E-state index in [2.05, 4.69) is 26.2 Å². The fraction of sp³-hybridized carbons (Fsp3) is 0.0714. The molecule has 19 heavy (non-hydrogen) atoms. The topological polar surface area (TPSA) is 44.9 Å². The molecule has 0 bridgehead atoms. The molecule has 0 atom stereocenters. The van der Waals surface area contributed by atoms with Crippen LogP contribution in [0, 0.1) is 6.92 Å². The number of fused-ring (bicyclic) bond motifs is 1. The lowest BCUT2D eigenvalue weighted by Crippen LogP contribution is -2.12. The zero-order chi connectivity index (χ0) is 13.4. The smallest absolute Gasteiger partial charge is 0.272 e. The Morgan fingerprint density at radius 2 is 2.16 bits per heavy atom. The highest BCUT2D eigenvalue weighted by atomic mass is 79.9. The third-order valence-electron chi connectivity index (χ3n) is 2.90. The highest BCUT2D eigenvalue weighted by molar-refractivity contribution is 9.10. The van der Waals surface area contributed by atoms with E-state index in [1.165, 1.54) is 0 Å². The molecule has 1 amide bonds. The Kier molecular flexibility index (Phi) is 3.16. The zero-order valence-electron chi connectivity index (χ0n) is 10.2. The molecule has 0 aliphatic carbocycles. The van der Waals surface area contributed by atoms with Crippen LogP contribution in [0.1, 0.15) is 16.1 Å². The van der Waals surface area contributed by atoms with Gasteiger partial charge in [0, 0.05) is 10.2 Å². The Morgan fingerprint density at radius 3 is 2.89 bits per heavy atom. The van der Waals surface area contributed by atoms with Gasteiger partial charge in [0.2, 0.25) is 0 Å². The van der Waals surface area contributed by atoms with Gasteiger partial charge in [-0.3, -0.25) is 4.79 Å². The second kappa shape index (κ2) is 4.83. The molecule has 5 heteroatoms. The van der Waals surface area contributed by atoms with Crippen LogP contribution in [0.2, 0.25) is 0 Å². The Morgan fingerprint density at radius 1 is 1.32 bits per heavy atom. The standard InChI is InChI=1S/C14H11BrN2OS/c1-8-6-9(2-3-10(8)15)16-14(18)12-7-13-11(17-12)4-5-19-13/h2-7,17H,1H3,(H,16,18). The first-order valence-electron chi connectivity index (χ1n) is 5.77. The molecule has 3 rings (SSSR count). The number of rotatable bonds is 2. The lowest BCUT2D eigenvalue weighted by atomic mass is 10.2. The van der Waals surface area contributed by atoms with Crippen LogP contribution >= 0.6 is 27.3 Å². The number of nitrogens with one attached hydrogen (secondary N) is 2. The van der Waals surface area contributed by atoms with E-state index in [-0.39, 0.29) is 5.91 Å². The van der Waals surface area contributed by atoms with Gasteiger partial charge in [0.1, 0.15) is 5.69 Å². The second-order valence-electron chi connectivity index (χ2n) is 4.30. The van der Waals surface area contributed by atoms with Crippen LogP contribution in [0.3, 0.4) is 0 Å². The van der Waals surface area contributed by atoms with Gasteiger partial charge in [-0.25, -0.2) is 0 Å². The molecule has 96 valence electrons. The number of hydrogen-bond acceptors (Lipinski definition) is 2. The summed E-state index contributed by atoms with van der Waals surface area (Å²) in [5, 5.41) is 4.89. The molecule has 2 aromatic heterocycles. The number of benzene rings is 1. The van der Waals surface area contributed by atoms with Crippen molar-refractivity contribution in [3.63, 3.8) is 0 Å². The van der Waals surface area contributed by atoms with Gasteiger partial charge in [-0.2, -0.15) is 0 Å². The van der Waals surface area contributed by atoms with Crippen LogP contribution in [0.25, 0.3) is 10.2 Å². The summed E-state index contributed by atoms with van der Waals surface area (Å²) >= 11 is 5.06. The molecule has 0 radical (unpaired) electrons. The average molecular weight is 335 g/mol. The van der Waals surface area contributed by atoms with Crippen molar-refractivity contribution < 1.29 is 4.79 Å². The van der Waals surface area contributed by atoms with Crippen LogP contribution < -0.4 is 5.32 Å². The average Bonchev–Trinajstić information content (AvgIpc) is 2.94. The number of aromatic nitrogens is 1. The van der Waals surface area contributed by atoms with Crippen molar-refractivity contribution in [1.29, 1.82) is 0 Å². The van der Waals surface area contributed by atoms with E-state index in [1.807, 2.05) is 42.6 Å². The number of thiophene rings is 1. The summed E-state index contributed by atoms with van der Waals surface area (Å²) in [4.78, 5) is 15.2. The molecule has 0 saturated heterocycles. The first-order valence-corrected chi connectivity index (χ1v) is 7.44. The summed E-state index contributed by atoms with van der Waals surface area (Å²) in [6.45, 7) is 1.99. The molecule has 1 aromatic carbocycles. The lowest BCUT2D eigenvalue weighted by Gasteiger charge is -2.05. The molecule has 2 heterocycles. The van der Waals surface area contributed by atoms with Gasteiger partial charge in [-0.15, -0.1) is 11.3 Å². The number of carbonyl (C=O) groups is 1. The van der Waals surface area contributed by atoms with E-state index in [1.54, 1.807) is 11.3 Å². The van der Waals surface area contributed by atoms with Gasteiger partial charge in [0.15, 0.2) is 0 Å². The molecule has 0 saturated carbocycles. The number of amides is 1. The van der Waals surface area contributed by atoms with Crippen molar-refractivity contribution in [2.45, 2.75) is 6.92 Å². The zero-order valence-corrected chi connectivity index (χ0v) is 12.6. The van der Waals surface area contributed by atoms with E-state index in [0.717, 1.165) is 25.9 Å². The SMILES string of the molecule is Cc1cc(NC(=O)c2cc3sccc3[nH]2)ccc1Br. The molecule has 2 N–H and O–H groups in total. The third kappa shape index (κ3) is 2.43. The maximum absolute atomic E-state index is 12.1. The number of carbonyl (C=O) groups excluding carboxylic acids is 1. The minimum Gasteiger partial charge on any atom is -0.350 e. The number of halogens is 1. The third-order valence-corrected chi connectivity index (χ3v) is 4.65. The van der Waals surface area contributed by atoms with Crippen LogP contribution in [0.4, 0.5) is 5.69 Å². The van der Waals surface area contributed by atoms with Gasteiger partial charge in [-0.05, 0) is 48.2 Å². The van der Waals surface area contributed by atoms with Gasteiger partial charge < -0.3 is 10.3 Å². The van der Waals surface area contributed by atoms with E-state index in [0.29, 0.717) is 5.69 Å². The summed E-state index contributed by atoms with van der Waals surface area (Å²) in [5.41, 5.74) is 3.47. The quantitative estimate of drug-likeness (QED) is 0.709. The Hall–Kier alpha value is -1.59. The molecule has 3 aromatic rings. The van der Waals surface area contributed by atoms with Gasteiger partial charge in [0.05, 0.1) is 10.2 Å². The predicted octanol–water partition coefficient (Wildman–Crippen LogP) is 4.55. The van der Waals surface area contributed by atoms with Gasteiger partial charge >= 0.3 is 0 Å². The van der Waals surface area contributed by atoms with Crippen molar-refractivity contribution in [2.24, 2.45) is 0 Å². The summed E-state index contributed by atoms with van der Waals surface area (Å²) in [6.07, 6.45) is 0. The van der Waals surface area contributed by atoms with Gasteiger partial charge in [0.25, 0.3) is 5.91 Å². The first-order chi connectivity index (χ1) is 9.13. The Balaban J connectivity index is 1.84. The summed E-state index contributed by atoms with van der Waals surface area (Å²) < 4.78 is 2.13. The number of aryl methyl sites for hydroxylation is 1. The van der Waals surface area contributed by atoms with Crippen molar-refractivity contribution in [2.75, 3.05) is 5.32 Å². The fourth-order valence-electron chi connectivity index (χ4n) is 1.89. The van der Waals surface area contributed by atoms with Crippen molar-refractivity contribution >= 4 is 49.1 Å². The highest BCUT2D eigenvalue weighted by Crippen LogP contribution is 2.23. The minimum atomic E-state index is -0.120. The summed E-state index contributed by atoms with van der Waals surface area (Å²) in [7, 11) is 0. The maximum atomic E-state index is 12.1. The van der Waals surface area contributed by atoms with E-state index >= 15 is 0 Å². The van der Waals surface area contributed by atoms with E-state index < -0.39 is 0 Å². The number of H-pyrrole nitrogens is 1. The van der Waals surface area contributed by atoms with Crippen LogP contribution in [-0.2, 0) is 0 Å². The van der Waals surface area contributed by atoms with Crippen LogP contribution in [0.5, 0.6) is 0 Å². The number of aromatic amines is 1. The first kappa shape index (κ1) is 12.4. The molecule has 3 nitrogen and oxygen atoms in total. The molecule has 0 spiro atoms. The normalized spacial score (nSPS) is 10.8. The maximum Gasteiger partial charge on any atom is 0.272 e. The summed E-state index contributed by atoms with van der Waals surface area (Å²) in [5.74, 6) is -0.120. The fourth-order valence-corrected chi connectivity index (χ4v) is 2.92. The van der Waals surface area contributed by atoms with Gasteiger partial charge in [-0.1, -0.05) is 15.9 Å². The number of hydrogen-bond donors (Lipinski definition) is 2. The second-order valence-corrected chi connectivity index (χ2v) is 6.10. The number of anilines is 1. The highest BCUT2D eigenvalue weighted by Gasteiger charge is 2.10. The Labute approximate surface area is 122 Å². The Bertz CT molecular complexity index is 731. The van der Waals surface area contributed by atoms with Crippen molar-refractivity contribution in [3.8, 4) is 0 Å². The lowest BCUT2D eigenvalue weighted by molar-refractivity contribution is 0.102. The van der Waals surface area contributed by atoms with Crippen LogP contribution in [-0.4, -0.2) is 10.9 Å². The van der Waals surface area contributed by atoms with E-state index in [4.69, 9.17) is 0 Å². The molecule has 0 unspecified atom stereocenters. The van der Waals surface area contributed by atoms with Crippen LogP contribution in [0.15, 0.2) is 40.2 Å². The molecule has 0 aliphatic heterocycles. The molecular formula is C14H11BrN2OS.